The summed E-state index contributed by atoms with van der Waals surface area (Å²) >= 11 is 6.52. The van der Waals surface area contributed by atoms with Gasteiger partial charge in [0.1, 0.15) is 11.2 Å². The molecule has 1 atom stereocenters. The van der Waals surface area contributed by atoms with Crippen molar-refractivity contribution in [1.82, 2.24) is 19.9 Å². The summed E-state index contributed by atoms with van der Waals surface area (Å²) in [4.78, 5) is 17.7. The number of nitrogens with one attached hydrogen (secondary N) is 1. The second-order valence-electron chi connectivity index (χ2n) is 16.8. The summed E-state index contributed by atoms with van der Waals surface area (Å²) in [6.07, 6.45) is 0.824. The zero-order chi connectivity index (χ0) is 41.1. The molecule has 0 radical (unpaired) electrons. The highest BCUT2D eigenvalue weighted by Gasteiger charge is 2.39. The first-order valence-corrected chi connectivity index (χ1v) is 21.4. The van der Waals surface area contributed by atoms with Gasteiger partial charge < -0.3 is 9.40 Å². The standard InChI is InChI=1S/C56H35ClN4O/c1-56(46-16-7-6-13-41(46)42-23-20-36(29-47(42)56)40-14-8-15-44-51-39-12-5-4-10-34(39)22-25-48(51)58-52(40)44)31-32-17-26-49-45(27-32)43-24-21-38(30-50(43)62-49)54-59-53(60-55(57)61-54)37-19-18-33-9-2-3-11-35(33)28-37/h2-30,58H,31H2,1H3. The third-order valence-corrected chi connectivity index (χ3v) is 13.4. The lowest BCUT2D eigenvalue weighted by molar-refractivity contribution is 0.583. The van der Waals surface area contributed by atoms with Gasteiger partial charge in [0.15, 0.2) is 11.6 Å². The predicted octanol–water partition coefficient (Wildman–Crippen LogP) is 14.9. The van der Waals surface area contributed by atoms with Gasteiger partial charge >= 0.3 is 0 Å². The van der Waals surface area contributed by atoms with Gasteiger partial charge in [-0.25, -0.2) is 4.98 Å². The number of benzene rings is 9. The molecule has 3 heterocycles. The van der Waals surface area contributed by atoms with E-state index < -0.39 is 0 Å². The molecule has 1 unspecified atom stereocenters. The molecular weight excluding hydrogens is 780 g/mol. The SMILES string of the molecule is CC1(Cc2ccc3oc4cc(-c5nc(Cl)nc(-c6ccc7ccccc7c6)n5)ccc4c3c2)c2ccccc2-c2ccc(-c3cccc4c3[nH]c3ccc5ccccc5c34)cc21. The summed E-state index contributed by atoms with van der Waals surface area (Å²) in [6, 6.07) is 63.0. The molecule has 0 spiro atoms. The van der Waals surface area contributed by atoms with Crippen LogP contribution in [0.5, 0.6) is 0 Å². The third kappa shape index (κ3) is 5.31. The zero-order valence-electron chi connectivity index (χ0n) is 33.6. The lowest BCUT2D eigenvalue weighted by Gasteiger charge is -2.28. The van der Waals surface area contributed by atoms with Crippen molar-refractivity contribution in [1.29, 1.82) is 0 Å². The largest absolute Gasteiger partial charge is 0.456 e. The van der Waals surface area contributed by atoms with E-state index in [1.165, 1.54) is 66.0 Å². The number of rotatable bonds is 5. The topological polar surface area (TPSA) is 67.6 Å². The van der Waals surface area contributed by atoms with Crippen LogP contribution in [0.2, 0.25) is 5.28 Å². The number of hydrogen-bond donors (Lipinski definition) is 1. The fourth-order valence-electron chi connectivity index (χ4n) is 10.3. The Kier molecular flexibility index (Phi) is 7.49. The van der Waals surface area contributed by atoms with E-state index in [0.717, 1.165) is 55.8 Å². The number of aromatic amines is 1. The summed E-state index contributed by atoms with van der Waals surface area (Å²) < 4.78 is 6.51. The van der Waals surface area contributed by atoms with Crippen LogP contribution in [0.1, 0.15) is 23.6 Å². The van der Waals surface area contributed by atoms with Crippen molar-refractivity contribution in [3.63, 3.8) is 0 Å². The second-order valence-corrected chi connectivity index (χ2v) is 17.2. The number of H-pyrrole nitrogens is 1. The van der Waals surface area contributed by atoms with Crippen LogP contribution in [0.15, 0.2) is 180 Å². The molecule has 6 heteroatoms. The molecule has 62 heavy (non-hydrogen) atoms. The van der Waals surface area contributed by atoms with E-state index >= 15 is 0 Å². The number of nitrogens with zero attached hydrogens (tertiary/aromatic N) is 3. The Morgan fingerprint density at radius 1 is 0.500 bits per heavy atom. The molecule has 0 saturated heterocycles. The molecule has 1 N–H and O–H groups in total. The Morgan fingerprint density at radius 2 is 1.21 bits per heavy atom. The summed E-state index contributed by atoms with van der Waals surface area (Å²) in [6.45, 7) is 2.41. The van der Waals surface area contributed by atoms with E-state index in [1.807, 2.05) is 30.3 Å². The summed E-state index contributed by atoms with van der Waals surface area (Å²) in [5.41, 5.74) is 14.3. The maximum Gasteiger partial charge on any atom is 0.226 e. The molecule has 1 aliphatic carbocycles. The highest BCUT2D eigenvalue weighted by molar-refractivity contribution is 6.28. The first-order valence-electron chi connectivity index (χ1n) is 21.0. The van der Waals surface area contributed by atoms with Gasteiger partial charge in [-0.15, -0.1) is 0 Å². The molecule has 9 aromatic carbocycles. The molecule has 0 bridgehead atoms. The highest BCUT2D eigenvalue weighted by atomic mass is 35.5. The molecular formula is C56H35ClN4O. The minimum Gasteiger partial charge on any atom is -0.456 e. The number of halogens is 1. The first kappa shape index (κ1) is 35.2. The molecule has 5 nitrogen and oxygen atoms in total. The summed E-state index contributed by atoms with van der Waals surface area (Å²) in [5.74, 6) is 1.02. The summed E-state index contributed by atoms with van der Waals surface area (Å²) in [7, 11) is 0. The van der Waals surface area contributed by atoms with Crippen molar-refractivity contribution < 1.29 is 4.42 Å². The Bertz CT molecular complexity index is 3840. The fourth-order valence-corrected chi connectivity index (χ4v) is 10.5. The van der Waals surface area contributed by atoms with Gasteiger partial charge in [-0.1, -0.05) is 140 Å². The van der Waals surface area contributed by atoms with Crippen LogP contribution in [-0.4, -0.2) is 19.9 Å². The van der Waals surface area contributed by atoms with E-state index in [4.69, 9.17) is 21.0 Å². The second kappa shape index (κ2) is 13.2. The van der Waals surface area contributed by atoms with Crippen LogP contribution < -0.4 is 0 Å². The van der Waals surface area contributed by atoms with E-state index in [1.54, 1.807) is 0 Å². The monoisotopic (exact) mass is 814 g/mol. The number of fused-ring (bicyclic) bond motifs is 12. The molecule has 0 amide bonds. The van der Waals surface area contributed by atoms with Gasteiger partial charge in [0.05, 0.1) is 5.52 Å². The molecule has 0 saturated carbocycles. The Labute approximate surface area is 361 Å². The maximum atomic E-state index is 6.52. The van der Waals surface area contributed by atoms with Crippen LogP contribution in [0.3, 0.4) is 0 Å². The molecule has 12 aromatic rings. The fraction of sp³-hybridized carbons (Fsp3) is 0.0536. The van der Waals surface area contributed by atoms with Gasteiger partial charge in [0.2, 0.25) is 5.28 Å². The van der Waals surface area contributed by atoms with Crippen LogP contribution in [0, 0.1) is 0 Å². The van der Waals surface area contributed by atoms with E-state index in [9.17, 15) is 0 Å². The normalized spacial score (nSPS) is 14.7. The smallest absolute Gasteiger partial charge is 0.226 e. The van der Waals surface area contributed by atoms with Crippen molar-refractivity contribution in [2.24, 2.45) is 0 Å². The molecule has 0 aliphatic heterocycles. The van der Waals surface area contributed by atoms with Crippen LogP contribution in [0.25, 0.3) is 110 Å². The van der Waals surface area contributed by atoms with Gasteiger partial charge in [-0.2, -0.15) is 9.97 Å². The average Bonchev–Trinajstić information content (AvgIpc) is 3.96. The van der Waals surface area contributed by atoms with Crippen LogP contribution in [0.4, 0.5) is 0 Å². The van der Waals surface area contributed by atoms with Crippen LogP contribution >= 0.6 is 11.6 Å². The molecule has 292 valence electrons. The number of hydrogen-bond acceptors (Lipinski definition) is 4. The van der Waals surface area contributed by atoms with Crippen LogP contribution in [-0.2, 0) is 11.8 Å². The van der Waals surface area contributed by atoms with Crippen molar-refractivity contribution in [2.75, 3.05) is 0 Å². The predicted molar refractivity (Wildman–Crippen MR) is 255 cm³/mol. The number of furan rings is 1. The van der Waals surface area contributed by atoms with Gasteiger partial charge in [-0.05, 0) is 115 Å². The van der Waals surface area contributed by atoms with E-state index in [-0.39, 0.29) is 10.7 Å². The maximum absolute atomic E-state index is 6.52. The van der Waals surface area contributed by atoms with Gasteiger partial charge in [0, 0.05) is 49.2 Å². The van der Waals surface area contributed by atoms with Crippen molar-refractivity contribution in [3.05, 3.63) is 198 Å². The number of aromatic nitrogens is 4. The molecule has 3 aromatic heterocycles. The first-order chi connectivity index (χ1) is 30.4. The number of para-hydroxylation sites is 1. The minimum absolute atomic E-state index is 0.145. The molecule has 13 rings (SSSR count). The highest BCUT2D eigenvalue weighted by Crippen LogP contribution is 2.52. The quantitative estimate of drug-likeness (QED) is 0.188. The Morgan fingerprint density at radius 3 is 2.11 bits per heavy atom. The Hall–Kier alpha value is -7.60. The van der Waals surface area contributed by atoms with E-state index in [2.05, 4.69) is 167 Å². The molecule has 1 aliphatic rings. The minimum atomic E-state index is -0.270. The lowest BCUT2D eigenvalue weighted by Crippen LogP contribution is -2.24. The van der Waals surface area contributed by atoms with Gasteiger partial charge in [-0.3, -0.25) is 0 Å². The summed E-state index contributed by atoms with van der Waals surface area (Å²) in [5, 5.41) is 9.57. The van der Waals surface area contributed by atoms with Crippen molar-refractivity contribution >= 4 is 76.9 Å². The Balaban J connectivity index is 0.877. The van der Waals surface area contributed by atoms with Gasteiger partial charge in [0.25, 0.3) is 0 Å². The van der Waals surface area contributed by atoms with Crippen molar-refractivity contribution in [2.45, 2.75) is 18.8 Å². The molecule has 0 fully saturated rings. The van der Waals surface area contributed by atoms with Crippen molar-refractivity contribution in [3.8, 4) is 45.0 Å². The third-order valence-electron chi connectivity index (χ3n) is 13.2. The average molecular weight is 815 g/mol. The van der Waals surface area contributed by atoms with E-state index in [0.29, 0.717) is 11.6 Å². The lowest BCUT2D eigenvalue weighted by atomic mass is 9.74. The zero-order valence-corrected chi connectivity index (χ0v) is 34.3.